The maximum Gasteiger partial charge on any atom is 0.276 e. The van der Waals surface area contributed by atoms with E-state index in [9.17, 15) is 13.2 Å². The predicted octanol–water partition coefficient (Wildman–Crippen LogP) is 6.61. The molecule has 6 nitrogen and oxygen atoms in total. The van der Waals surface area contributed by atoms with Gasteiger partial charge in [0.05, 0.1) is 30.7 Å². The number of rotatable bonds is 9. The van der Waals surface area contributed by atoms with E-state index in [-0.39, 0.29) is 23.8 Å². The van der Waals surface area contributed by atoms with E-state index in [1.165, 1.54) is 13.2 Å². The van der Waals surface area contributed by atoms with E-state index in [4.69, 9.17) is 20.8 Å². The van der Waals surface area contributed by atoms with Crippen LogP contribution in [-0.4, -0.2) is 32.7 Å². The van der Waals surface area contributed by atoms with Crippen LogP contribution in [0.15, 0.2) is 47.3 Å². The Morgan fingerprint density at radius 2 is 1.92 bits per heavy atom. The summed E-state index contributed by atoms with van der Waals surface area (Å²) in [4.78, 5) is 4.19. The minimum absolute atomic E-state index is 0.0752. The summed E-state index contributed by atoms with van der Waals surface area (Å²) in [7, 11) is 1.50. The Balaban J connectivity index is 1.63. The van der Waals surface area contributed by atoms with Crippen LogP contribution in [0.25, 0.3) is 17.6 Å². The summed E-state index contributed by atoms with van der Waals surface area (Å²) in [6, 6.07) is 6.76. The Morgan fingerprint density at radius 3 is 2.56 bits per heavy atom. The molecular weight excluding hydrogens is 500 g/mol. The summed E-state index contributed by atoms with van der Waals surface area (Å²) in [5.41, 5.74) is 2.09. The summed E-state index contributed by atoms with van der Waals surface area (Å²) in [5, 5.41) is 7.61. The number of aryl methyl sites for hydroxylation is 1. The normalized spacial score (nSPS) is 12.7. The molecule has 36 heavy (non-hydrogen) atoms. The number of hydrogen-bond acceptors (Lipinski definition) is 5. The highest BCUT2D eigenvalue weighted by molar-refractivity contribution is 6.17. The smallest absolute Gasteiger partial charge is 0.276 e. The standard InChI is InChI=1S/C25H21ClF4N4O2/c1-14-12-34(13-31-14)21-6-5-15(9-22(21)35-2)8-20(29)25-33-32-24(36-25)17(4-3-7-26)16-10-18(27)23(30)19(28)11-16/h5-6,8-13,17H,3-4,7H2,1-2H3/b20-8-/t17-/m0/s1. The van der Waals surface area contributed by atoms with Gasteiger partial charge in [-0.1, -0.05) is 6.07 Å². The van der Waals surface area contributed by atoms with Gasteiger partial charge in [0.25, 0.3) is 5.89 Å². The van der Waals surface area contributed by atoms with Gasteiger partial charge in [-0.25, -0.2) is 22.5 Å². The number of hydrogen-bond donors (Lipinski definition) is 0. The van der Waals surface area contributed by atoms with Gasteiger partial charge in [0, 0.05) is 12.1 Å². The first-order valence-electron chi connectivity index (χ1n) is 10.9. The minimum atomic E-state index is -1.58. The van der Waals surface area contributed by atoms with Crippen molar-refractivity contribution in [1.29, 1.82) is 0 Å². The highest BCUT2D eigenvalue weighted by atomic mass is 35.5. The molecule has 0 saturated heterocycles. The Kier molecular flexibility index (Phi) is 7.73. The molecule has 188 valence electrons. The predicted molar refractivity (Wildman–Crippen MR) is 126 cm³/mol. The maximum atomic E-state index is 15.0. The summed E-state index contributed by atoms with van der Waals surface area (Å²) in [6.45, 7) is 1.86. The fraction of sp³-hybridized carbons (Fsp3) is 0.240. The van der Waals surface area contributed by atoms with Crippen LogP contribution in [0.4, 0.5) is 17.6 Å². The molecule has 0 aliphatic rings. The quantitative estimate of drug-likeness (QED) is 0.141. The monoisotopic (exact) mass is 520 g/mol. The molecule has 0 bridgehead atoms. The SMILES string of the molecule is COc1cc(/C=C(\F)c2nnc([C@@H](CCCCl)c3cc(F)c(F)c(F)c3)o2)ccc1-n1cnc(C)c1. The van der Waals surface area contributed by atoms with E-state index in [1.54, 1.807) is 29.1 Å². The summed E-state index contributed by atoms with van der Waals surface area (Å²) >= 11 is 5.77. The highest BCUT2D eigenvalue weighted by Gasteiger charge is 2.25. The molecule has 2 aromatic heterocycles. The van der Waals surface area contributed by atoms with Crippen LogP contribution in [0.3, 0.4) is 0 Å². The Hall–Kier alpha value is -3.66. The fourth-order valence-electron chi connectivity index (χ4n) is 3.72. The molecule has 0 spiro atoms. The van der Waals surface area contributed by atoms with Crippen LogP contribution in [0.1, 0.15) is 47.4 Å². The van der Waals surface area contributed by atoms with Gasteiger partial charge in [0.1, 0.15) is 5.75 Å². The molecule has 0 unspecified atom stereocenters. The molecular formula is C25H21ClF4N4O2. The molecule has 0 N–H and O–H groups in total. The van der Waals surface area contributed by atoms with E-state index in [0.29, 0.717) is 17.7 Å². The lowest BCUT2D eigenvalue weighted by Crippen LogP contribution is -2.05. The average Bonchev–Trinajstić information content (AvgIpc) is 3.52. The van der Waals surface area contributed by atoms with Gasteiger partial charge in [0.15, 0.2) is 23.3 Å². The van der Waals surface area contributed by atoms with Crippen molar-refractivity contribution in [3.63, 3.8) is 0 Å². The van der Waals surface area contributed by atoms with Gasteiger partial charge in [-0.05, 0) is 61.2 Å². The zero-order chi connectivity index (χ0) is 25.8. The van der Waals surface area contributed by atoms with E-state index >= 15 is 4.39 Å². The van der Waals surface area contributed by atoms with Crippen molar-refractivity contribution in [3.8, 4) is 11.4 Å². The maximum absolute atomic E-state index is 15.0. The van der Waals surface area contributed by atoms with E-state index < -0.39 is 35.1 Å². The molecule has 0 aliphatic heterocycles. The van der Waals surface area contributed by atoms with Crippen molar-refractivity contribution in [1.82, 2.24) is 19.7 Å². The molecule has 0 fully saturated rings. The Morgan fingerprint density at radius 1 is 1.17 bits per heavy atom. The molecule has 11 heteroatoms. The third kappa shape index (κ3) is 5.43. The van der Waals surface area contributed by atoms with Crippen LogP contribution in [0, 0.1) is 24.4 Å². The van der Waals surface area contributed by atoms with Gasteiger partial charge in [-0.15, -0.1) is 21.8 Å². The number of imidazole rings is 1. The molecule has 2 heterocycles. The van der Waals surface area contributed by atoms with Crippen molar-refractivity contribution in [2.45, 2.75) is 25.7 Å². The van der Waals surface area contributed by atoms with Gasteiger partial charge in [-0.2, -0.15) is 0 Å². The molecule has 0 amide bonds. The van der Waals surface area contributed by atoms with Crippen molar-refractivity contribution < 1.29 is 26.7 Å². The minimum Gasteiger partial charge on any atom is -0.495 e. The first kappa shape index (κ1) is 25.4. The third-order valence-electron chi connectivity index (χ3n) is 5.47. The average molecular weight is 521 g/mol. The number of alkyl halides is 1. The molecule has 4 aromatic rings. The van der Waals surface area contributed by atoms with Crippen molar-refractivity contribution in [3.05, 3.63) is 88.9 Å². The highest BCUT2D eigenvalue weighted by Crippen LogP contribution is 2.33. The number of methoxy groups -OCH3 is 1. The zero-order valence-corrected chi connectivity index (χ0v) is 20.1. The van der Waals surface area contributed by atoms with Crippen LogP contribution in [0.5, 0.6) is 5.75 Å². The third-order valence-corrected chi connectivity index (χ3v) is 5.73. The lowest BCUT2D eigenvalue weighted by atomic mass is 9.94. The number of benzene rings is 2. The number of nitrogens with zero attached hydrogens (tertiary/aromatic N) is 4. The van der Waals surface area contributed by atoms with E-state index in [1.807, 2.05) is 13.1 Å². The van der Waals surface area contributed by atoms with Gasteiger partial charge >= 0.3 is 0 Å². The van der Waals surface area contributed by atoms with Crippen LogP contribution in [-0.2, 0) is 0 Å². The topological polar surface area (TPSA) is 66.0 Å². The van der Waals surface area contributed by atoms with Gasteiger partial charge in [0.2, 0.25) is 5.89 Å². The van der Waals surface area contributed by atoms with E-state index in [0.717, 1.165) is 23.5 Å². The first-order chi connectivity index (χ1) is 17.3. The molecule has 1 atom stereocenters. The molecule has 0 radical (unpaired) electrons. The van der Waals surface area contributed by atoms with Crippen LogP contribution < -0.4 is 4.74 Å². The fourth-order valence-corrected chi connectivity index (χ4v) is 3.87. The van der Waals surface area contributed by atoms with Crippen molar-refractivity contribution >= 4 is 23.5 Å². The van der Waals surface area contributed by atoms with Crippen LogP contribution >= 0.6 is 11.6 Å². The molecule has 2 aromatic carbocycles. The first-order valence-corrected chi connectivity index (χ1v) is 11.4. The summed E-state index contributed by atoms with van der Waals surface area (Å²) in [6.07, 6.45) is 5.36. The molecule has 0 aliphatic carbocycles. The van der Waals surface area contributed by atoms with Gasteiger partial charge < -0.3 is 13.7 Å². The number of aromatic nitrogens is 4. The summed E-state index contributed by atoms with van der Waals surface area (Å²) in [5.74, 6) is -5.67. The molecule has 0 saturated carbocycles. The Bertz CT molecular complexity index is 1380. The van der Waals surface area contributed by atoms with E-state index in [2.05, 4.69) is 15.2 Å². The Labute approximate surface area is 209 Å². The second kappa shape index (κ2) is 10.9. The van der Waals surface area contributed by atoms with Crippen molar-refractivity contribution in [2.24, 2.45) is 0 Å². The van der Waals surface area contributed by atoms with Crippen molar-refractivity contribution in [2.75, 3.05) is 13.0 Å². The zero-order valence-electron chi connectivity index (χ0n) is 19.3. The van der Waals surface area contributed by atoms with Crippen LogP contribution in [0.2, 0.25) is 0 Å². The lowest BCUT2D eigenvalue weighted by molar-refractivity contribution is 0.412. The number of halogens is 5. The van der Waals surface area contributed by atoms with Gasteiger partial charge in [-0.3, -0.25) is 0 Å². The largest absolute Gasteiger partial charge is 0.495 e. The lowest BCUT2D eigenvalue weighted by Gasteiger charge is -2.13. The summed E-state index contributed by atoms with van der Waals surface area (Å²) < 4.78 is 68.8. The molecule has 4 rings (SSSR count). The second-order valence-corrected chi connectivity index (χ2v) is 8.35. The number of ether oxygens (including phenoxy) is 1. The second-order valence-electron chi connectivity index (χ2n) is 7.97.